The number of hydrogen-bond acceptors (Lipinski definition) is 4. The number of nitrogens with zero attached hydrogens (tertiary/aromatic N) is 1. The van der Waals surface area contributed by atoms with E-state index in [1.165, 1.54) is 0 Å². The number of carbonyl (C=O) groups excluding carboxylic acids is 1. The molecular formula is C25H17F3N2O4. The van der Waals surface area contributed by atoms with Crippen LogP contribution < -0.4 is 5.32 Å². The zero-order valence-electron chi connectivity index (χ0n) is 17.6. The van der Waals surface area contributed by atoms with Crippen LogP contribution in [0.2, 0.25) is 0 Å². The minimum Gasteiger partial charge on any atom is -0.449 e. The molecule has 0 radical (unpaired) electrons. The van der Waals surface area contributed by atoms with Crippen LogP contribution in [0.15, 0.2) is 66.7 Å². The largest absolute Gasteiger partial charge is 0.449 e. The smallest absolute Gasteiger partial charge is 0.417 e. The van der Waals surface area contributed by atoms with Crippen molar-refractivity contribution in [2.45, 2.75) is 12.1 Å². The van der Waals surface area contributed by atoms with Gasteiger partial charge in [-0.05, 0) is 28.3 Å². The van der Waals surface area contributed by atoms with Gasteiger partial charge >= 0.3 is 12.3 Å². The summed E-state index contributed by atoms with van der Waals surface area (Å²) in [4.78, 5) is 22.2. The summed E-state index contributed by atoms with van der Waals surface area (Å²) < 4.78 is 44.8. The van der Waals surface area contributed by atoms with Crippen LogP contribution in [0.5, 0.6) is 0 Å². The Morgan fingerprint density at radius 1 is 1.03 bits per heavy atom. The molecule has 0 spiro atoms. The van der Waals surface area contributed by atoms with Crippen molar-refractivity contribution in [3.05, 3.63) is 99.1 Å². The van der Waals surface area contributed by atoms with Gasteiger partial charge in [0.15, 0.2) is 0 Å². The van der Waals surface area contributed by atoms with E-state index in [4.69, 9.17) is 4.74 Å². The summed E-state index contributed by atoms with van der Waals surface area (Å²) in [5.74, 6) is 4.50. The summed E-state index contributed by atoms with van der Waals surface area (Å²) in [6.45, 7) is -0.215. The molecular weight excluding hydrogens is 449 g/mol. The van der Waals surface area contributed by atoms with Gasteiger partial charge in [-0.25, -0.2) is 4.79 Å². The zero-order valence-corrected chi connectivity index (χ0v) is 17.6. The number of rotatable bonds is 4. The van der Waals surface area contributed by atoms with E-state index >= 15 is 0 Å². The molecule has 0 aliphatic heterocycles. The maximum Gasteiger partial charge on any atom is 0.417 e. The van der Waals surface area contributed by atoms with Crippen molar-refractivity contribution in [1.29, 1.82) is 0 Å². The van der Waals surface area contributed by atoms with Crippen LogP contribution in [0.3, 0.4) is 0 Å². The molecule has 3 aromatic rings. The highest BCUT2D eigenvalue weighted by atomic mass is 19.4. The number of benzene rings is 3. The first kappa shape index (κ1) is 22.9. The Morgan fingerprint density at radius 3 is 2.24 bits per heavy atom. The molecule has 0 bridgehead atoms. The van der Waals surface area contributed by atoms with E-state index < -0.39 is 34.0 Å². The Morgan fingerprint density at radius 2 is 1.65 bits per heavy atom. The SMILES string of the molecule is O=C(NCC#Cc1cc([N+](=O)[O-])ccc1C(F)(F)F)OCC1c2ccccc2-c2ccccc21. The van der Waals surface area contributed by atoms with Crippen LogP contribution in [0.4, 0.5) is 23.7 Å². The molecule has 172 valence electrons. The Labute approximate surface area is 192 Å². The molecule has 6 nitrogen and oxygen atoms in total. The first-order valence-electron chi connectivity index (χ1n) is 10.2. The number of halogens is 3. The number of nitro groups is 1. The van der Waals surface area contributed by atoms with E-state index in [-0.39, 0.29) is 19.1 Å². The average molecular weight is 466 g/mol. The van der Waals surface area contributed by atoms with Crippen LogP contribution in [-0.4, -0.2) is 24.2 Å². The summed E-state index contributed by atoms with van der Waals surface area (Å²) in [6.07, 6.45) is -5.49. The van der Waals surface area contributed by atoms with Gasteiger partial charge in [-0.1, -0.05) is 60.4 Å². The Balaban J connectivity index is 1.40. The molecule has 0 aromatic heterocycles. The number of alkyl carbamates (subject to hydrolysis) is 1. The van der Waals surface area contributed by atoms with E-state index in [1.54, 1.807) is 0 Å². The van der Waals surface area contributed by atoms with Crippen LogP contribution >= 0.6 is 0 Å². The Kier molecular flexibility index (Phi) is 6.23. The van der Waals surface area contributed by atoms with Gasteiger partial charge in [0.25, 0.3) is 5.69 Å². The van der Waals surface area contributed by atoms with E-state index in [1.807, 2.05) is 48.5 Å². The summed E-state index contributed by atoms with van der Waals surface area (Å²) in [5, 5.41) is 13.2. The molecule has 1 N–H and O–H groups in total. The highest BCUT2D eigenvalue weighted by Crippen LogP contribution is 2.44. The number of ether oxygens (including phenoxy) is 1. The van der Waals surface area contributed by atoms with E-state index in [0.29, 0.717) is 6.07 Å². The first-order chi connectivity index (χ1) is 16.3. The molecule has 0 saturated carbocycles. The predicted octanol–water partition coefficient (Wildman–Crippen LogP) is 5.50. The fourth-order valence-electron chi connectivity index (χ4n) is 3.90. The van der Waals surface area contributed by atoms with Gasteiger partial charge in [-0.2, -0.15) is 13.2 Å². The van der Waals surface area contributed by atoms with E-state index in [2.05, 4.69) is 17.2 Å². The van der Waals surface area contributed by atoms with Gasteiger partial charge in [0.2, 0.25) is 0 Å². The third kappa shape index (κ3) is 4.71. The van der Waals surface area contributed by atoms with Gasteiger partial charge in [0.1, 0.15) is 6.61 Å². The Hall–Kier alpha value is -4.32. The molecule has 0 saturated heterocycles. The van der Waals surface area contributed by atoms with Crippen molar-refractivity contribution >= 4 is 11.8 Å². The topological polar surface area (TPSA) is 81.5 Å². The molecule has 1 aliphatic carbocycles. The van der Waals surface area contributed by atoms with Gasteiger partial charge in [-0.3, -0.25) is 10.1 Å². The average Bonchev–Trinajstić information content (AvgIpc) is 3.13. The number of alkyl halides is 3. The second-order valence-electron chi connectivity index (χ2n) is 7.47. The molecule has 0 heterocycles. The lowest BCUT2D eigenvalue weighted by Crippen LogP contribution is -2.26. The number of non-ortho nitro benzene ring substituents is 1. The van der Waals surface area contributed by atoms with Crippen LogP contribution in [0, 0.1) is 22.0 Å². The molecule has 1 amide bonds. The fourth-order valence-corrected chi connectivity index (χ4v) is 3.90. The van der Waals surface area contributed by atoms with Crippen molar-refractivity contribution < 1.29 is 27.6 Å². The van der Waals surface area contributed by atoms with Crippen LogP contribution in [-0.2, 0) is 10.9 Å². The second-order valence-corrected chi connectivity index (χ2v) is 7.47. The molecule has 34 heavy (non-hydrogen) atoms. The van der Waals surface area contributed by atoms with E-state index in [0.717, 1.165) is 34.4 Å². The lowest BCUT2D eigenvalue weighted by atomic mass is 9.98. The number of hydrogen-bond donors (Lipinski definition) is 1. The third-order valence-corrected chi connectivity index (χ3v) is 5.41. The summed E-state index contributed by atoms with van der Waals surface area (Å²) >= 11 is 0. The monoisotopic (exact) mass is 466 g/mol. The summed E-state index contributed by atoms with van der Waals surface area (Å²) in [7, 11) is 0. The minimum absolute atomic E-state index is 0.0798. The second kappa shape index (κ2) is 9.27. The molecule has 0 fully saturated rings. The van der Waals surface area contributed by atoms with Crippen molar-refractivity contribution in [2.24, 2.45) is 0 Å². The minimum atomic E-state index is -4.72. The number of amides is 1. The quantitative estimate of drug-likeness (QED) is 0.313. The van der Waals surface area contributed by atoms with Crippen molar-refractivity contribution in [2.75, 3.05) is 13.2 Å². The number of carbonyl (C=O) groups is 1. The lowest BCUT2D eigenvalue weighted by Gasteiger charge is -2.14. The van der Waals surface area contributed by atoms with Gasteiger partial charge in [-0.15, -0.1) is 0 Å². The summed E-state index contributed by atoms with van der Waals surface area (Å²) in [5.41, 5.74) is 2.10. The molecule has 3 aromatic carbocycles. The summed E-state index contributed by atoms with van der Waals surface area (Å²) in [6, 6.07) is 17.8. The van der Waals surface area contributed by atoms with Gasteiger partial charge in [0, 0.05) is 23.6 Å². The van der Waals surface area contributed by atoms with Crippen molar-refractivity contribution in [1.82, 2.24) is 5.32 Å². The van der Waals surface area contributed by atoms with Crippen LogP contribution in [0.1, 0.15) is 28.2 Å². The number of nitro benzene ring substituents is 1. The van der Waals surface area contributed by atoms with Gasteiger partial charge < -0.3 is 10.1 Å². The molecule has 9 heteroatoms. The van der Waals surface area contributed by atoms with Gasteiger partial charge in [0.05, 0.1) is 17.0 Å². The van der Waals surface area contributed by atoms with Crippen molar-refractivity contribution in [3.8, 4) is 23.0 Å². The Bertz CT molecular complexity index is 1280. The predicted molar refractivity (Wildman–Crippen MR) is 118 cm³/mol. The highest BCUT2D eigenvalue weighted by Gasteiger charge is 2.34. The highest BCUT2D eigenvalue weighted by molar-refractivity contribution is 5.79. The standard InChI is InChI=1S/C25H17F3N2O4/c26-25(27,28)23-12-11-17(30(32)33)14-16(23)6-5-13-29-24(31)34-15-22-20-9-3-1-7-18(20)19-8-2-4-10-21(19)22/h1-4,7-12,14,22H,13,15H2,(H,29,31). The molecule has 0 atom stereocenters. The number of nitrogens with one attached hydrogen (secondary N) is 1. The lowest BCUT2D eigenvalue weighted by molar-refractivity contribution is -0.384. The third-order valence-electron chi connectivity index (χ3n) is 5.41. The maximum atomic E-state index is 13.2. The van der Waals surface area contributed by atoms with E-state index in [9.17, 15) is 28.1 Å². The molecule has 0 unspecified atom stereocenters. The molecule has 1 aliphatic rings. The van der Waals surface area contributed by atoms with Crippen LogP contribution in [0.25, 0.3) is 11.1 Å². The van der Waals surface area contributed by atoms with Crippen molar-refractivity contribution in [3.63, 3.8) is 0 Å². The first-order valence-corrected chi connectivity index (χ1v) is 10.2. The number of fused-ring (bicyclic) bond motifs is 3. The maximum absolute atomic E-state index is 13.2. The normalized spacial score (nSPS) is 12.2. The molecule has 4 rings (SSSR count). The fraction of sp³-hybridized carbons (Fsp3) is 0.160. The zero-order chi connectivity index (χ0) is 24.3.